The summed E-state index contributed by atoms with van der Waals surface area (Å²) in [7, 11) is 0. The largest absolute Gasteiger partial charge is 0.481 e. The number of carboxylic acids is 1. The highest BCUT2D eigenvalue weighted by molar-refractivity contribution is 5.76. The number of aliphatic carboxylic acids is 1. The van der Waals surface area contributed by atoms with Crippen LogP contribution in [0.25, 0.3) is 0 Å². The summed E-state index contributed by atoms with van der Waals surface area (Å²) in [4.78, 5) is 10.9. The molecule has 0 unspecified atom stereocenters. The standard InChI is InChI=1S/C11H13FO2/c1-7(2)10(11(13)14)8-3-5-9(12)6-4-8/h3-7,10H,1-2H3,(H,13,14)/t10-/m1/s1. The minimum Gasteiger partial charge on any atom is -0.481 e. The lowest BCUT2D eigenvalue weighted by atomic mass is 9.89. The lowest BCUT2D eigenvalue weighted by Crippen LogP contribution is -2.17. The Labute approximate surface area is 82.4 Å². The molecule has 0 radical (unpaired) electrons. The molecule has 1 aromatic rings. The van der Waals surface area contributed by atoms with E-state index in [4.69, 9.17) is 5.11 Å². The monoisotopic (exact) mass is 196 g/mol. The Kier molecular flexibility index (Phi) is 3.23. The van der Waals surface area contributed by atoms with Crippen LogP contribution in [0.5, 0.6) is 0 Å². The fourth-order valence-corrected chi connectivity index (χ4v) is 1.48. The van der Waals surface area contributed by atoms with Gasteiger partial charge >= 0.3 is 5.97 Å². The third-order valence-corrected chi connectivity index (χ3v) is 2.16. The lowest BCUT2D eigenvalue weighted by Gasteiger charge is -2.16. The zero-order chi connectivity index (χ0) is 10.7. The van der Waals surface area contributed by atoms with Crippen molar-refractivity contribution in [2.75, 3.05) is 0 Å². The van der Waals surface area contributed by atoms with Crippen LogP contribution in [0.2, 0.25) is 0 Å². The van der Waals surface area contributed by atoms with Gasteiger partial charge in [0.2, 0.25) is 0 Å². The summed E-state index contributed by atoms with van der Waals surface area (Å²) in [5.41, 5.74) is 0.647. The Hall–Kier alpha value is -1.38. The summed E-state index contributed by atoms with van der Waals surface area (Å²) in [5, 5.41) is 8.97. The molecule has 0 spiro atoms. The van der Waals surface area contributed by atoms with Gasteiger partial charge in [-0.25, -0.2) is 4.39 Å². The third-order valence-electron chi connectivity index (χ3n) is 2.16. The Morgan fingerprint density at radius 3 is 2.14 bits per heavy atom. The number of carboxylic acid groups (broad SMARTS) is 1. The van der Waals surface area contributed by atoms with Crippen molar-refractivity contribution in [3.8, 4) is 0 Å². The van der Waals surface area contributed by atoms with Crippen LogP contribution in [0, 0.1) is 11.7 Å². The van der Waals surface area contributed by atoms with Crippen molar-refractivity contribution in [3.63, 3.8) is 0 Å². The van der Waals surface area contributed by atoms with Crippen molar-refractivity contribution in [2.45, 2.75) is 19.8 Å². The molecule has 1 N–H and O–H groups in total. The van der Waals surface area contributed by atoms with Crippen molar-refractivity contribution in [2.24, 2.45) is 5.92 Å². The second-order valence-corrected chi connectivity index (χ2v) is 3.61. The second-order valence-electron chi connectivity index (χ2n) is 3.61. The molecule has 0 saturated heterocycles. The third kappa shape index (κ3) is 2.31. The first-order chi connectivity index (χ1) is 6.52. The van der Waals surface area contributed by atoms with E-state index in [2.05, 4.69) is 0 Å². The molecule has 0 heterocycles. The first-order valence-corrected chi connectivity index (χ1v) is 4.50. The van der Waals surface area contributed by atoms with Crippen LogP contribution < -0.4 is 0 Å². The SMILES string of the molecule is CC(C)[C@@H](C(=O)O)c1ccc(F)cc1. The molecule has 3 heteroatoms. The van der Waals surface area contributed by atoms with Gasteiger partial charge in [-0.05, 0) is 23.6 Å². The Morgan fingerprint density at radius 1 is 1.29 bits per heavy atom. The average molecular weight is 196 g/mol. The van der Waals surface area contributed by atoms with E-state index in [1.165, 1.54) is 24.3 Å². The molecule has 1 rings (SSSR count). The van der Waals surface area contributed by atoms with E-state index in [0.29, 0.717) is 5.56 Å². The lowest BCUT2D eigenvalue weighted by molar-refractivity contribution is -0.139. The molecular formula is C11H13FO2. The number of benzene rings is 1. The van der Waals surface area contributed by atoms with E-state index in [9.17, 15) is 9.18 Å². The number of hydrogen-bond donors (Lipinski definition) is 1. The maximum absolute atomic E-state index is 12.6. The maximum Gasteiger partial charge on any atom is 0.311 e. The zero-order valence-electron chi connectivity index (χ0n) is 8.20. The average Bonchev–Trinajstić information content (AvgIpc) is 2.07. The van der Waals surface area contributed by atoms with E-state index >= 15 is 0 Å². The van der Waals surface area contributed by atoms with Crippen LogP contribution in [0.4, 0.5) is 4.39 Å². The minimum absolute atomic E-state index is 0.00189. The first kappa shape index (κ1) is 10.7. The highest BCUT2D eigenvalue weighted by atomic mass is 19.1. The van der Waals surface area contributed by atoms with E-state index < -0.39 is 11.9 Å². The first-order valence-electron chi connectivity index (χ1n) is 4.50. The Morgan fingerprint density at radius 2 is 1.79 bits per heavy atom. The second kappa shape index (κ2) is 4.22. The Bertz CT molecular complexity index is 317. The Balaban J connectivity index is 3.00. The molecule has 0 aromatic heterocycles. The van der Waals surface area contributed by atoms with Crippen LogP contribution in [0.1, 0.15) is 25.3 Å². The van der Waals surface area contributed by atoms with Crippen molar-refractivity contribution in [1.82, 2.24) is 0 Å². The van der Waals surface area contributed by atoms with Crippen molar-refractivity contribution >= 4 is 5.97 Å². The molecule has 0 saturated carbocycles. The molecule has 0 aliphatic rings. The van der Waals surface area contributed by atoms with Crippen LogP contribution in [-0.4, -0.2) is 11.1 Å². The molecule has 76 valence electrons. The zero-order valence-corrected chi connectivity index (χ0v) is 8.20. The molecule has 0 aliphatic heterocycles. The van der Waals surface area contributed by atoms with E-state index in [1.54, 1.807) is 0 Å². The molecule has 1 aromatic carbocycles. The molecular weight excluding hydrogens is 183 g/mol. The van der Waals surface area contributed by atoms with Gasteiger partial charge in [-0.1, -0.05) is 26.0 Å². The van der Waals surface area contributed by atoms with Gasteiger partial charge in [-0.2, -0.15) is 0 Å². The number of halogens is 1. The molecule has 0 amide bonds. The summed E-state index contributed by atoms with van der Waals surface area (Å²) in [6, 6.07) is 5.61. The van der Waals surface area contributed by atoms with Crippen LogP contribution in [0.3, 0.4) is 0 Å². The maximum atomic E-state index is 12.6. The highest BCUT2D eigenvalue weighted by Gasteiger charge is 2.23. The van der Waals surface area contributed by atoms with Crippen molar-refractivity contribution < 1.29 is 14.3 Å². The molecule has 2 nitrogen and oxygen atoms in total. The number of hydrogen-bond acceptors (Lipinski definition) is 1. The molecule has 0 bridgehead atoms. The fourth-order valence-electron chi connectivity index (χ4n) is 1.48. The van der Waals surface area contributed by atoms with Gasteiger partial charge in [0.15, 0.2) is 0 Å². The number of rotatable bonds is 3. The van der Waals surface area contributed by atoms with Crippen molar-refractivity contribution in [3.05, 3.63) is 35.6 Å². The van der Waals surface area contributed by atoms with E-state index in [0.717, 1.165) is 0 Å². The summed E-state index contributed by atoms with van der Waals surface area (Å²) in [6.07, 6.45) is 0. The molecule has 14 heavy (non-hydrogen) atoms. The summed E-state index contributed by atoms with van der Waals surface area (Å²) in [6.45, 7) is 3.67. The van der Waals surface area contributed by atoms with Gasteiger partial charge < -0.3 is 5.11 Å². The quantitative estimate of drug-likeness (QED) is 0.806. The minimum atomic E-state index is -0.869. The van der Waals surface area contributed by atoms with Gasteiger partial charge in [-0.3, -0.25) is 4.79 Å². The van der Waals surface area contributed by atoms with Gasteiger partial charge in [0.25, 0.3) is 0 Å². The van der Waals surface area contributed by atoms with E-state index in [1.807, 2.05) is 13.8 Å². The summed E-state index contributed by atoms with van der Waals surface area (Å²) >= 11 is 0. The van der Waals surface area contributed by atoms with Gasteiger partial charge in [0.05, 0.1) is 5.92 Å². The fraction of sp³-hybridized carbons (Fsp3) is 0.364. The topological polar surface area (TPSA) is 37.3 Å². The van der Waals surface area contributed by atoms with Crippen LogP contribution in [0.15, 0.2) is 24.3 Å². The smallest absolute Gasteiger partial charge is 0.311 e. The number of carbonyl (C=O) groups is 1. The van der Waals surface area contributed by atoms with E-state index in [-0.39, 0.29) is 11.7 Å². The van der Waals surface area contributed by atoms with Crippen LogP contribution in [-0.2, 0) is 4.79 Å². The molecule has 0 aliphatic carbocycles. The van der Waals surface area contributed by atoms with Gasteiger partial charge in [-0.15, -0.1) is 0 Å². The summed E-state index contributed by atoms with van der Waals surface area (Å²) in [5.74, 6) is -1.78. The summed E-state index contributed by atoms with van der Waals surface area (Å²) < 4.78 is 12.6. The van der Waals surface area contributed by atoms with Crippen molar-refractivity contribution in [1.29, 1.82) is 0 Å². The van der Waals surface area contributed by atoms with Gasteiger partial charge in [0, 0.05) is 0 Å². The highest BCUT2D eigenvalue weighted by Crippen LogP contribution is 2.24. The van der Waals surface area contributed by atoms with Gasteiger partial charge in [0.1, 0.15) is 5.82 Å². The van der Waals surface area contributed by atoms with Crippen LogP contribution >= 0.6 is 0 Å². The normalized spacial score (nSPS) is 12.9. The predicted molar refractivity (Wildman–Crippen MR) is 51.6 cm³/mol. The molecule has 1 atom stereocenters. The predicted octanol–water partition coefficient (Wildman–Crippen LogP) is 2.65. The molecule has 0 fully saturated rings.